The molecule has 0 aliphatic rings. The van der Waals surface area contributed by atoms with Crippen LogP contribution in [0.15, 0.2) is 78.9 Å². The molecule has 4 nitrogen and oxygen atoms in total. The largest absolute Gasteiger partial charge is 0.380 e. The normalized spacial score (nSPS) is 12.3. The number of anilines is 1. The van der Waals surface area contributed by atoms with Crippen LogP contribution in [0.3, 0.4) is 0 Å². The molecule has 0 radical (unpaired) electrons. The van der Waals surface area contributed by atoms with Gasteiger partial charge in [-0.2, -0.15) is 0 Å². The molecule has 0 saturated heterocycles. The van der Waals surface area contributed by atoms with Gasteiger partial charge in [-0.3, -0.25) is 9.36 Å². The Kier molecular flexibility index (Phi) is 5.66. The number of amides is 1. The van der Waals surface area contributed by atoms with Crippen LogP contribution >= 0.6 is 8.46 Å². The fourth-order valence-corrected chi connectivity index (χ4v) is 4.11. The lowest BCUT2D eigenvalue weighted by Gasteiger charge is -2.16. The van der Waals surface area contributed by atoms with Crippen molar-refractivity contribution in [3.63, 3.8) is 0 Å². The minimum atomic E-state index is -0.803. The van der Waals surface area contributed by atoms with E-state index < -0.39 is 5.66 Å². The van der Waals surface area contributed by atoms with E-state index >= 15 is 0 Å². The second kappa shape index (κ2) is 8.52. The standard InChI is InChI=1S/C24H20NO3P/c1-28-15-19-13-17-8-2-3-9-18(17)14-22(19)25-24(26)23(29-27)21-12-6-10-16-7-4-5-11-20(16)21/h2-14,23H,15H2,1H3,(H,25,26). The van der Waals surface area contributed by atoms with E-state index in [-0.39, 0.29) is 14.4 Å². The van der Waals surface area contributed by atoms with E-state index in [1.165, 1.54) is 0 Å². The summed E-state index contributed by atoms with van der Waals surface area (Å²) >= 11 is 0. The second-order valence-corrected chi connectivity index (χ2v) is 7.58. The summed E-state index contributed by atoms with van der Waals surface area (Å²) in [5.74, 6) is -0.314. The molecule has 144 valence electrons. The van der Waals surface area contributed by atoms with Gasteiger partial charge >= 0.3 is 0 Å². The molecule has 5 heteroatoms. The van der Waals surface area contributed by atoms with Crippen molar-refractivity contribution in [1.82, 2.24) is 0 Å². The SMILES string of the molecule is COCc1cc2ccccc2cc1NC(=O)C(P=O)c1cccc2ccccc12. The fourth-order valence-electron chi connectivity index (χ4n) is 3.61. The lowest BCUT2D eigenvalue weighted by atomic mass is 10.0. The van der Waals surface area contributed by atoms with Crippen LogP contribution in [-0.2, 0) is 20.7 Å². The molecule has 29 heavy (non-hydrogen) atoms. The quantitative estimate of drug-likeness (QED) is 0.397. The van der Waals surface area contributed by atoms with Gasteiger partial charge in [0.1, 0.15) is 5.66 Å². The van der Waals surface area contributed by atoms with Crippen molar-refractivity contribution >= 4 is 41.6 Å². The first-order valence-corrected chi connectivity index (χ1v) is 10.2. The van der Waals surface area contributed by atoms with Gasteiger partial charge < -0.3 is 10.1 Å². The Bertz CT molecular complexity index is 1200. The van der Waals surface area contributed by atoms with Crippen LogP contribution in [0.1, 0.15) is 16.8 Å². The number of fused-ring (bicyclic) bond motifs is 2. The molecule has 0 bridgehead atoms. The predicted molar refractivity (Wildman–Crippen MR) is 118 cm³/mol. The molecule has 0 aliphatic carbocycles. The molecule has 0 spiro atoms. The Balaban J connectivity index is 1.72. The Hall–Kier alpha value is -3.07. The first kappa shape index (κ1) is 19.3. The highest BCUT2D eigenvalue weighted by Gasteiger charge is 2.24. The van der Waals surface area contributed by atoms with Crippen LogP contribution in [0, 0.1) is 0 Å². The van der Waals surface area contributed by atoms with Crippen LogP contribution in [-0.4, -0.2) is 13.0 Å². The van der Waals surface area contributed by atoms with Crippen LogP contribution in [0.5, 0.6) is 0 Å². The van der Waals surface area contributed by atoms with Crippen molar-refractivity contribution in [3.05, 3.63) is 90.0 Å². The van der Waals surface area contributed by atoms with Gasteiger partial charge in [-0.1, -0.05) is 66.7 Å². The van der Waals surface area contributed by atoms with E-state index in [0.717, 1.165) is 32.7 Å². The van der Waals surface area contributed by atoms with Crippen LogP contribution in [0.2, 0.25) is 0 Å². The summed E-state index contributed by atoms with van der Waals surface area (Å²) in [6.45, 7) is 0.370. The van der Waals surface area contributed by atoms with Gasteiger partial charge in [0.05, 0.1) is 6.61 Å². The van der Waals surface area contributed by atoms with E-state index in [0.29, 0.717) is 12.3 Å². The topological polar surface area (TPSA) is 55.4 Å². The van der Waals surface area contributed by atoms with Crippen LogP contribution in [0.4, 0.5) is 5.69 Å². The molecule has 1 amide bonds. The number of hydrogen-bond acceptors (Lipinski definition) is 3. The fraction of sp³-hybridized carbons (Fsp3) is 0.125. The van der Waals surface area contributed by atoms with Crippen molar-refractivity contribution in [2.24, 2.45) is 0 Å². The zero-order valence-electron chi connectivity index (χ0n) is 16.0. The zero-order chi connectivity index (χ0) is 20.2. The van der Waals surface area contributed by atoms with Crippen molar-refractivity contribution < 1.29 is 14.1 Å². The maximum atomic E-state index is 13.1. The summed E-state index contributed by atoms with van der Waals surface area (Å²) in [5, 5.41) is 7.00. The van der Waals surface area contributed by atoms with Gasteiger partial charge in [-0.25, -0.2) is 0 Å². The maximum absolute atomic E-state index is 13.1. The van der Waals surface area contributed by atoms with Gasteiger partial charge in [-0.15, -0.1) is 0 Å². The molecule has 0 heterocycles. The lowest BCUT2D eigenvalue weighted by Crippen LogP contribution is -2.18. The van der Waals surface area contributed by atoms with Crippen LogP contribution in [0.25, 0.3) is 21.5 Å². The minimum absolute atomic E-state index is 0.249. The number of rotatable bonds is 6. The highest BCUT2D eigenvalue weighted by molar-refractivity contribution is 7.26. The Labute approximate surface area is 170 Å². The van der Waals surface area contributed by atoms with Gasteiger partial charge in [0, 0.05) is 18.4 Å². The minimum Gasteiger partial charge on any atom is -0.380 e. The third kappa shape index (κ3) is 3.91. The smallest absolute Gasteiger partial charge is 0.243 e. The van der Waals surface area contributed by atoms with E-state index in [9.17, 15) is 9.36 Å². The average molecular weight is 401 g/mol. The van der Waals surface area contributed by atoms with Crippen LogP contribution < -0.4 is 5.32 Å². The number of methoxy groups -OCH3 is 1. The Morgan fingerprint density at radius 3 is 2.31 bits per heavy atom. The molecule has 0 saturated carbocycles. The summed E-state index contributed by atoms with van der Waals surface area (Å²) in [4.78, 5) is 13.1. The molecule has 1 unspecified atom stereocenters. The monoisotopic (exact) mass is 401 g/mol. The van der Waals surface area contributed by atoms with Gasteiger partial charge in [0.25, 0.3) is 0 Å². The lowest BCUT2D eigenvalue weighted by molar-refractivity contribution is -0.115. The van der Waals surface area contributed by atoms with E-state index in [2.05, 4.69) is 5.32 Å². The van der Waals surface area contributed by atoms with Crippen molar-refractivity contribution in [1.29, 1.82) is 0 Å². The zero-order valence-corrected chi connectivity index (χ0v) is 16.9. The molecule has 0 fully saturated rings. The first-order chi connectivity index (χ1) is 14.2. The summed E-state index contributed by atoms with van der Waals surface area (Å²) < 4.78 is 17.3. The van der Waals surface area contributed by atoms with Gasteiger partial charge in [-0.05, 0) is 39.2 Å². The first-order valence-electron chi connectivity index (χ1n) is 9.33. The summed E-state index contributed by atoms with van der Waals surface area (Å²) in [5.41, 5.74) is 1.48. The molecule has 0 aliphatic heterocycles. The molecule has 0 aromatic heterocycles. The van der Waals surface area contributed by atoms with Crippen molar-refractivity contribution in [2.45, 2.75) is 12.3 Å². The third-order valence-corrected chi connectivity index (χ3v) is 5.72. The average Bonchev–Trinajstić information content (AvgIpc) is 2.75. The van der Waals surface area contributed by atoms with Gasteiger partial charge in [0.15, 0.2) is 8.46 Å². The third-order valence-electron chi connectivity index (χ3n) is 5.00. The van der Waals surface area contributed by atoms with E-state index in [1.807, 2.05) is 78.9 Å². The highest BCUT2D eigenvalue weighted by atomic mass is 31.1. The second-order valence-electron chi connectivity index (χ2n) is 6.86. The number of carbonyl (C=O) groups excluding carboxylic acids is 1. The van der Waals surface area contributed by atoms with E-state index in [4.69, 9.17) is 4.74 Å². The maximum Gasteiger partial charge on any atom is 0.243 e. The Morgan fingerprint density at radius 2 is 1.59 bits per heavy atom. The molecule has 1 N–H and O–H groups in total. The Morgan fingerprint density at radius 1 is 0.931 bits per heavy atom. The molecule has 4 rings (SSSR count). The number of carbonyl (C=O) groups is 1. The summed E-state index contributed by atoms with van der Waals surface area (Å²) in [6.07, 6.45) is 0. The molecule has 1 atom stereocenters. The molecular weight excluding hydrogens is 381 g/mol. The van der Waals surface area contributed by atoms with Crippen molar-refractivity contribution in [2.75, 3.05) is 12.4 Å². The molecule has 4 aromatic rings. The number of nitrogens with one attached hydrogen (secondary N) is 1. The van der Waals surface area contributed by atoms with Crippen molar-refractivity contribution in [3.8, 4) is 0 Å². The number of ether oxygens (including phenoxy) is 1. The van der Waals surface area contributed by atoms with Gasteiger partial charge in [0.2, 0.25) is 5.91 Å². The summed E-state index contributed by atoms with van der Waals surface area (Å²) in [7, 11) is 1.37. The predicted octanol–water partition coefficient (Wildman–Crippen LogP) is 6.11. The summed E-state index contributed by atoms with van der Waals surface area (Å²) in [6, 6.07) is 25.4. The number of benzene rings is 4. The molecule has 4 aromatic carbocycles. The highest BCUT2D eigenvalue weighted by Crippen LogP contribution is 2.34. The molecular formula is C24H20NO3P. The number of hydrogen-bond donors (Lipinski definition) is 1. The van der Waals surface area contributed by atoms with E-state index in [1.54, 1.807) is 7.11 Å².